The van der Waals surface area contributed by atoms with E-state index in [2.05, 4.69) is 5.16 Å². The second-order valence-corrected chi connectivity index (χ2v) is 6.28. The van der Waals surface area contributed by atoms with Crippen LogP contribution in [0, 0.1) is 0 Å². The molecule has 0 radical (unpaired) electrons. The molecule has 0 unspecified atom stereocenters. The molecule has 2 aromatic rings. The molecule has 2 heterocycles. The molecule has 26 heavy (non-hydrogen) atoms. The zero-order chi connectivity index (χ0) is 18.5. The molecule has 1 saturated heterocycles. The van der Waals surface area contributed by atoms with Gasteiger partial charge in [-0.15, -0.1) is 0 Å². The van der Waals surface area contributed by atoms with Crippen LogP contribution in [0.3, 0.4) is 0 Å². The quantitative estimate of drug-likeness (QED) is 0.756. The Hall–Kier alpha value is -2.54. The number of benzene rings is 1. The molecule has 7 heteroatoms. The number of methoxy groups -OCH3 is 2. The molecule has 3 rings (SSSR count). The highest BCUT2D eigenvalue weighted by molar-refractivity contribution is 5.73. The molecule has 1 aromatic heterocycles. The topological polar surface area (TPSA) is 74.0 Å². The first-order valence-corrected chi connectivity index (χ1v) is 8.66. The summed E-state index contributed by atoms with van der Waals surface area (Å²) in [6, 6.07) is 7.29. The third-order valence-corrected chi connectivity index (χ3v) is 4.48. The molecular weight excluding hydrogens is 336 g/mol. The largest absolute Gasteiger partial charge is 0.497 e. The SMILES string of the molecule is COc1ccc(OC)c(-c2cc(CN(C[C@@H]3CCCO3)C(C)=O)no2)c1. The molecule has 1 amide bonds. The maximum Gasteiger partial charge on any atom is 0.219 e. The van der Waals surface area contributed by atoms with Crippen LogP contribution in [0.25, 0.3) is 11.3 Å². The van der Waals surface area contributed by atoms with Gasteiger partial charge in [0.2, 0.25) is 5.91 Å². The molecule has 0 aliphatic carbocycles. The molecule has 0 spiro atoms. The summed E-state index contributed by atoms with van der Waals surface area (Å²) in [5.74, 6) is 1.92. The molecule has 0 bridgehead atoms. The van der Waals surface area contributed by atoms with Gasteiger partial charge in [-0.25, -0.2) is 0 Å². The highest BCUT2D eigenvalue weighted by Gasteiger charge is 2.22. The average Bonchev–Trinajstić information content (AvgIpc) is 3.32. The van der Waals surface area contributed by atoms with E-state index in [9.17, 15) is 4.79 Å². The van der Waals surface area contributed by atoms with Gasteiger partial charge < -0.3 is 23.6 Å². The molecule has 1 atom stereocenters. The maximum absolute atomic E-state index is 12.0. The Labute approximate surface area is 152 Å². The fourth-order valence-corrected chi connectivity index (χ4v) is 3.05. The Bertz CT molecular complexity index is 752. The summed E-state index contributed by atoms with van der Waals surface area (Å²) >= 11 is 0. The van der Waals surface area contributed by atoms with Crippen LogP contribution < -0.4 is 9.47 Å². The van der Waals surface area contributed by atoms with Crippen LogP contribution in [0.4, 0.5) is 0 Å². The zero-order valence-corrected chi connectivity index (χ0v) is 15.4. The lowest BCUT2D eigenvalue weighted by atomic mass is 10.1. The van der Waals surface area contributed by atoms with E-state index >= 15 is 0 Å². The van der Waals surface area contributed by atoms with Crippen LogP contribution in [0.1, 0.15) is 25.5 Å². The van der Waals surface area contributed by atoms with Gasteiger partial charge in [0.05, 0.1) is 32.4 Å². The maximum atomic E-state index is 12.0. The Morgan fingerprint density at radius 1 is 1.31 bits per heavy atom. The van der Waals surface area contributed by atoms with E-state index in [1.165, 1.54) is 0 Å². The van der Waals surface area contributed by atoms with E-state index in [0.29, 0.717) is 36.0 Å². The predicted octanol–water partition coefficient (Wildman–Crippen LogP) is 2.89. The molecule has 1 aliphatic heterocycles. The van der Waals surface area contributed by atoms with E-state index in [4.69, 9.17) is 18.7 Å². The van der Waals surface area contributed by atoms with Crippen molar-refractivity contribution in [2.75, 3.05) is 27.4 Å². The number of carbonyl (C=O) groups excluding carboxylic acids is 1. The van der Waals surface area contributed by atoms with E-state index in [1.807, 2.05) is 24.3 Å². The highest BCUT2D eigenvalue weighted by Crippen LogP contribution is 2.34. The van der Waals surface area contributed by atoms with Crippen LogP contribution in [0.5, 0.6) is 11.5 Å². The number of ether oxygens (including phenoxy) is 3. The summed E-state index contributed by atoms with van der Waals surface area (Å²) < 4.78 is 21.8. The lowest BCUT2D eigenvalue weighted by Gasteiger charge is -2.23. The monoisotopic (exact) mass is 360 g/mol. The van der Waals surface area contributed by atoms with Crippen molar-refractivity contribution in [3.63, 3.8) is 0 Å². The van der Waals surface area contributed by atoms with Crippen LogP contribution in [0.2, 0.25) is 0 Å². The lowest BCUT2D eigenvalue weighted by molar-refractivity contribution is -0.131. The lowest BCUT2D eigenvalue weighted by Crippen LogP contribution is -2.35. The minimum absolute atomic E-state index is 0.0102. The summed E-state index contributed by atoms with van der Waals surface area (Å²) in [5.41, 5.74) is 1.43. The standard InChI is InChI=1S/C19H24N2O5/c1-13(22)21(12-16-5-4-8-25-16)11-14-9-19(26-20-14)17-10-15(23-2)6-7-18(17)24-3/h6-7,9-10,16H,4-5,8,11-12H2,1-3H3/t16-/m0/s1. The molecular formula is C19H24N2O5. The third-order valence-electron chi connectivity index (χ3n) is 4.48. The van der Waals surface area contributed by atoms with Crippen molar-refractivity contribution in [1.29, 1.82) is 0 Å². The average molecular weight is 360 g/mol. The van der Waals surface area contributed by atoms with Crippen molar-refractivity contribution in [3.8, 4) is 22.8 Å². The van der Waals surface area contributed by atoms with Gasteiger partial charge in [0.25, 0.3) is 0 Å². The molecule has 0 N–H and O–H groups in total. The van der Waals surface area contributed by atoms with Crippen molar-refractivity contribution < 1.29 is 23.5 Å². The number of aromatic nitrogens is 1. The first kappa shape index (κ1) is 18.3. The molecule has 0 saturated carbocycles. The van der Waals surface area contributed by atoms with E-state index < -0.39 is 0 Å². The fraction of sp³-hybridized carbons (Fsp3) is 0.474. The third kappa shape index (κ3) is 4.16. The minimum atomic E-state index is -0.0102. The van der Waals surface area contributed by atoms with Crippen molar-refractivity contribution in [2.45, 2.75) is 32.4 Å². The predicted molar refractivity (Wildman–Crippen MR) is 95.1 cm³/mol. The van der Waals surface area contributed by atoms with Crippen molar-refractivity contribution in [3.05, 3.63) is 30.0 Å². The molecule has 140 valence electrons. The van der Waals surface area contributed by atoms with Crippen LogP contribution >= 0.6 is 0 Å². The van der Waals surface area contributed by atoms with Gasteiger partial charge in [0.1, 0.15) is 17.2 Å². The van der Waals surface area contributed by atoms with E-state index in [1.54, 1.807) is 26.0 Å². The molecule has 1 aliphatic rings. The van der Waals surface area contributed by atoms with Crippen LogP contribution in [-0.4, -0.2) is 49.4 Å². The number of amides is 1. The highest BCUT2D eigenvalue weighted by atomic mass is 16.5. The summed E-state index contributed by atoms with van der Waals surface area (Å²) in [6.45, 7) is 3.27. The molecule has 1 aromatic carbocycles. The summed E-state index contributed by atoms with van der Waals surface area (Å²) in [7, 11) is 3.20. The van der Waals surface area contributed by atoms with Crippen molar-refractivity contribution in [2.24, 2.45) is 0 Å². The van der Waals surface area contributed by atoms with Crippen LogP contribution in [0.15, 0.2) is 28.8 Å². The van der Waals surface area contributed by atoms with Crippen molar-refractivity contribution in [1.82, 2.24) is 10.1 Å². The summed E-state index contributed by atoms with van der Waals surface area (Å²) in [6.07, 6.45) is 2.12. The first-order chi connectivity index (χ1) is 12.6. The second kappa shape index (κ2) is 8.23. The zero-order valence-electron chi connectivity index (χ0n) is 15.4. The summed E-state index contributed by atoms with van der Waals surface area (Å²) in [5, 5.41) is 4.11. The molecule has 7 nitrogen and oxygen atoms in total. The summed E-state index contributed by atoms with van der Waals surface area (Å²) in [4.78, 5) is 13.7. The van der Waals surface area contributed by atoms with Gasteiger partial charge >= 0.3 is 0 Å². The van der Waals surface area contributed by atoms with E-state index in [-0.39, 0.29) is 12.0 Å². The van der Waals surface area contributed by atoms with Gasteiger partial charge in [-0.2, -0.15) is 0 Å². The van der Waals surface area contributed by atoms with Gasteiger partial charge in [0.15, 0.2) is 5.76 Å². The second-order valence-electron chi connectivity index (χ2n) is 6.28. The smallest absolute Gasteiger partial charge is 0.219 e. The van der Waals surface area contributed by atoms with Crippen molar-refractivity contribution >= 4 is 5.91 Å². The minimum Gasteiger partial charge on any atom is -0.497 e. The first-order valence-electron chi connectivity index (χ1n) is 8.66. The normalized spacial score (nSPS) is 16.5. The Kier molecular flexibility index (Phi) is 5.78. The number of hydrogen-bond donors (Lipinski definition) is 0. The van der Waals surface area contributed by atoms with E-state index in [0.717, 1.165) is 25.0 Å². The van der Waals surface area contributed by atoms with Gasteiger partial charge in [-0.3, -0.25) is 4.79 Å². The van der Waals surface area contributed by atoms with Gasteiger partial charge in [-0.1, -0.05) is 5.16 Å². The Morgan fingerprint density at radius 3 is 2.81 bits per heavy atom. The van der Waals surface area contributed by atoms with Crippen LogP contribution in [-0.2, 0) is 16.1 Å². The van der Waals surface area contributed by atoms with Gasteiger partial charge in [0, 0.05) is 26.1 Å². The Morgan fingerprint density at radius 2 is 2.15 bits per heavy atom. The number of hydrogen-bond acceptors (Lipinski definition) is 6. The number of rotatable bonds is 7. The fourth-order valence-electron chi connectivity index (χ4n) is 3.05. The number of carbonyl (C=O) groups is 1. The molecule has 1 fully saturated rings. The number of nitrogens with zero attached hydrogens (tertiary/aromatic N) is 2. The Balaban J connectivity index is 1.77. The van der Waals surface area contributed by atoms with Gasteiger partial charge in [-0.05, 0) is 31.0 Å².